The number of amides is 2. The molecule has 2 aliphatic rings. The molecule has 2 aliphatic heterocycles. The average Bonchev–Trinajstić information content (AvgIpc) is 3.57. The molecular formula is C35H55N2O7PS. The van der Waals surface area contributed by atoms with Crippen molar-refractivity contribution in [3.8, 4) is 5.75 Å². The molecule has 2 fully saturated rings. The Balaban J connectivity index is 2.04. The van der Waals surface area contributed by atoms with E-state index in [4.69, 9.17) is 14.2 Å². The quantitative estimate of drug-likeness (QED) is 0.106. The van der Waals surface area contributed by atoms with Crippen LogP contribution in [0.3, 0.4) is 0 Å². The summed E-state index contributed by atoms with van der Waals surface area (Å²) in [7, 11) is 0. The molecule has 1 aromatic carbocycles. The van der Waals surface area contributed by atoms with Crippen LogP contribution in [0.5, 0.6) is 5.75 Å². The van der Waals surface area contributed by atoms with Gasteiger partial charge in [0.1, 0.15) is 34.3 Å². The number of hydrogen-bond acceptors (Lipinski definition) is 8. The molecule has 2 unspecified atom stereocenters. The van der Waals surface area contributed by atoms with Gasteiger partial charge in [-0.1, -0.05) is 65.1 Å². The van der Waals surface area contributed by atoms with E-state index in [0.29, 0.717) is 24.2 Å². The number of carbonyl (C=O) groups excluding carboxylic acids is 4. The predicted octanol–water partition coefficient (Wildman–Crippen LogP) is 6.09. The highest BCUT2D eigenvalue weighted by Gasteiger charge is 2.54. The minimum Gasteiger partial charge on any atom is -0.484 e. The summed E-state index contributed by atoms with van der Waals surface area (Å²) in [6.07, 6.45) is 9.40. The summed E-state index contributed by atoms with van der Waals surface area (Å²) in [6, 6.07) is 8.10. The number of β-lactam (4-membered cyclic amide) rings is 1. The Morgan fingerprint density at radius 2 is 1.61 bits per heavy atom. The van der Waals surface area contributed by atoms with E-state index in [2.05, 4.69) is 26.1 Å². The maximum atomic E-state index is 14.3. The van der Waals surface area contributed by atoms with Gasteiger partial charge < -0.3 is 19.5 Å². The Morgan fingerprint density at radius 1 is 1.00 bits per heavy atom. The normalized spacial score (nSPS) is 19.8. The molecule has 0 aliphatic carbocycles. The number of ketones is 1. The molecule has 258 valence electrons. The van der Waals surface area contributed by atoms with Gasteiger partial charge in [0.25, 0.3) is 11.8 Å². The Hall–Kier alpha value is -2.29. The number of rotatable bonds is 19. The van der Waals surface area contributed by atoms with Gasteiger partial charge in [-0.3, -0.25) is 19.3 Å². The van der Waals surface area contributed by atoms with Crippen molar-refractivity contribution in [3.63, 3.8) is 0 Å². The molecule has 46 heavy (non-hydrogen) atoms. The molecule has 2 heterocycles. The number of ether oxygens (including phenoxy) is 3. The van der Waals surface area contributed by atoms with Gasteiger partial charge in [0.2, 0.25) is 0 Å². The third-order valence-corrected chi connectivity index (χ3v) is 14.3. The molecule has 3 rings (SSSR count). The van der Waals surface area contributed by atoms with Crippen molar-refractivity contribution in [1.82, 2.24) is 10.2 Å². The van der Waals surface area contributed by atoms with E-state index < -0.39 is 41.9 Å². The fourth-order valence-corrected chi connectivity index (χ4v) is 12.4. The van der Waals surface area contributed by atoms with Crippen LogP contribution < -0.4 is 10.1 Å². The number of hydrogen-bond donors (Lipinski definition) is 1. The van der Waals surface area contributed by atoms with Gasteiger partial charge in [-0.2, -0.15) is 0 Å². The van der Waals surface area contributed by atoms with Gasteiger partial charge >= 0.3 is 5.97 Å². The lowest BCUT2D eigenvalue weighted by atomic mass is 10.1. The Labute approximate surface area is 280 Å². The summed E-state index contributed by atoms with van der Waals surface area (Å²) in [5.41, 5.74) is -0.275. The molecule has 3 atom stereocenters. The molecule has 0 saturated carbocycles. The monoisotopic (exact) mass is 678 g/mol. The highest BCUT2D eigenvalue weighted by Crippen LogP contribution is 2.54. The van der Waals surface area contributed by atoms with Crippen LogP contribution in [0.25, 0.3) is 0 Å². The molecule has 11 heteroatoms. The average molecular weight is 679 g/mol. The molecule has 2 amide bonds. The van der Waals surface area contributed by atoms with E-state index in [1.54, 1.807) is 17.0 Å². The first-order chi connectivity index (χ1) is 22.0. The van der Waals surface area contributed by atoms with Crippen molar-refractivity contribution in [2.45, 2.75) is 116 Å². The van der Waals surface area contributed by atoms with E-state index in [0.717, 1.165) is 63.4 Å². The first-order valence-corrected chi connectivity index (χ1v) is 20.4. The Kier molecular flexibility index (Phi) is 15.2. The molecular weight excluding hydrogens is 623 g/mol. The zero-order valence-electron chi connectivity index (χ0n) is 28.7. The van der Waals surface area contributed by atoms with E-state index in [9.17, 15) is 19.2 Å². The van der Waals surface area contributed by atoms with Crippen molar-refractivity contribution in [1.29, 1.82) is 0 Å². The summed E-state index contributed by atoms with van der Waals surface area (Å²) in [6.45, 7) is 10.1. The fraction of sp³-hybridized carbons (Fsp3) is 0.686. The number of esters is 1. The fourth-order valence-electron chi connectivity index (χ4n) is 5.85. The number of unbranched alkanes of at least 4 members (excludes halogenated alkanes) is 3. The van der Waals surface area contributed by atoms with Gasteiger partial charge in [-0.15, -0.1) is 11.8 Å². The van der Waals surface area contributed by atoms with Gasteiger partial charge in [-0.25, -0.2) is 4.79 Å². The molecule has 1 N–H and O–H groups in total. The molecule has 0 radical (unpaired) electrons. The summed E-state index contributed by atoms with van der Waals surface area (Å²) in [5.74, 6) is -0.624. The molecule has 2 saturated heterocycles. The van der Waals surface area contributed by atoms with Crippen LogP contribution in [-0.4, -0.2) is 94.5 Å². The van der Waals surface area contributed by atoms with Crippen LogP contribution in [0.2, 0.25) is 0 Å². The smallest absolute Gasteiger partial charge is 0.355 e. The summed E-state index contributed by atoms with van der Waals surface area (Å²) >= 11 is 1.30. The first kappa shape index (κ1) is 38.2. The zero-order valence-corrected chi connectivity index (χ0v) is 30.4. The van der Waals surface area contributed by atoms with Crippen LogP contribution in [0.15, 0.2) is 30.3 Å². The van der Waals surface area contributed by atoms with Gasteiger partial charge in [-0.05, 0) is 83.5 Å². The van der Waals surface area contributed by atoms with E-state index in [1.165, 1.54) is 11.8 Å². The number of benzene rings is 1. The van der Waals surface area contributed by atoms with Crippen molar-refractivity contribution in [2.75, 3.05) is 37.5 Å². The number of likely N-dealkylation sites (tertiary alicyclic amines) is 1. The zero-order chi connectivity index (χ0) is 33.7. The third-order valence-electron chi connectivity index (χ3n) is 8.24. The second-order valence-electron chi connectivity index (χ2n) is 13.2. The molecule has 1 aromatic rings. The summed E-state index contributed by atoms with van der Waals surface area (Å²) in [5, 5.41) is 2.23. The number of Topliss-reactive ketones (excluding diaryl/α,β-unsaturated/α-hetero) is 1. The molecule has 0 spiro atoms. The number of nitrogens with one attached hydrogen (secondary N) is 1. The number of nitrogens with zero attached hydrogens (tertiary/aromatic N) is 1. The lowest BCUT2D eigenvalue weighted by molar-refractivity contribution is -0.151. The van der Waals surface area contributed by atoms with Crippen molar-refractivity contribution in [3.05, 3.63) is 30.3 Å². The minimum absolute atomic E-state index is 0.0397. The maximum Gasteiger partial charge on any atom is 0.355 e. The van der Waals surface area contributed by atoms with Crippen LogP contribution in [-0.2, 0) is 28.7 Å². The third kappa shape index (κ3) is 10.6. The topological polar surface area (TPSA) is 111 Å². The van der Waals surface area contributed by atoms with Crippen molar-refractivity contribution < 1.29 is 33.4 Å². The summed E-state index contributed by atoms with van der Waals surface area (Å²) in [4.78, 5) is 56.3. The predicted molar refractivity (Wildman–Crippen MR) is 188 cm³/mol. The lowest BCUT2D eigenvalue weighted by Crippen LogP contribution is -2.72. The first-order valence-electron chi connectivity index (χ1n) is 17.0. The maximum absolute atomic E-state index is 14.3. The highest BCUT2D eigenvalue weighted by atomic mass is 32.2. The second-order valence-corrected chi connectivity index (χ2v) is 18.4. The SMILES string of the molecule is CCCCP(CCCC)(CCCC)=C(C(=O)OC(C)(C)C)N1C(=O)[C@@H](NC(=O)COc2ccccc2)C1SCC(=O)C1CCCO1. The highest BCUT2D eigenvalue weighted by molar-refractivity contribution is 8.00. The van der Waals surface area contributed by atoms with Crippen molar-refractivity contribution in [2.24, 2.45) is 0 Å². The number of thioether (sulfide) groups is 1. The van der Waals surface area contributed by atoms with Crippen LogP contribution in [0, 0.1) is 0 Å². The van der Waals surface area contributed by atoms with E-state index >= 15 is 0 Å². The van der Waals surface area contributed by atoms with Crippen molar-refractivity contribution >= 4 is 47.6 Å². The Morgan fingerprint density at radius 3 is 2.13 bits per heavy atom. The van der Waals surface area contributed by atoms with E-state index in [1.807, 2.05) is 39.0 Å². The van der Waals surface area contributed by atoms with Gasteiger partial charge in [0.05, 0.1) is 5.75 Å². The molecule has 0 aromatic heterocycles. The largest absolute Gasteiger partial charge is 0.484 e. The van der Waals surface area contributed by atoms with E-state index in [-0.39, 0.29) is 24.1 Å². The van der Waals surface area contributed by atoms with Crippen LogP contribution in [0.4, 0.5) is 0 Å². The number of carbonyl (C=O) groups is 4. The second kappa shape index (κ2) is 18.3. The lowest BCUT2D eigenvalue weighted by Gasteiger charge is -2.49. The standard InChI is InChI=1S/C35H55N2O7PS/c1-7-10-21-45(22-11-8-2,23-12-9-3)32(34(41)44-35(4,5)6)37-31(40)30(33(37)46-25-27(38)28-19-16-20-42-28)36-29(39)24-43-26-17-14-13-15-18-26/h13-15,17-18,28,30,33H,7-12,16,19-25H2,1-6H3,(H,36,39)/t28?,30-,33?/m1/s1. The molecule has 9 nitrogen and oxygen atoms in total. The summed E-state index contributed by atoms with van der Waals surface area (Å²) < 4.78 is 17.3. The van der Waals surface area contributed by atoms with Gasteiger partial charge in [0.15, 0.2) is 12.4 Å². The van der Waals surface area contributed by atoms with Gasteiger partial charge in [0, 0.05) is 6.61 Å². The number of para-hydroxylation sites is 1. The Bertz CT molecular complexity index is 1200. The minimum atomic E-state index is -2.19. The van der Waals surface area contributed by atoms with Crippen LogP contribution in [0.1, 0.15) is 92.9 Å². The van der Waals surface area contributed by atoms with Crippen LogP contribution >= 0.6 is 18.6 Å². The molecule has 0 bridgehead atoms.